The molecule has 0 aromatic carbocycles. The number of Topliss-reactive ketones (excluding diaryl/α,β-unsaturated/α-hetero) is 1. The van der Waals surface area contributed by atoms with Crippen LogP contribution >= 0.6 is 21.6 Å². The van der Waals surface area contributed by atoms with Gasteiger partial charge in [-0.1, -0.05) is 66.7 Å². The molecule has 0 amide bonds. The van der Waals surface area contributed by atoms with E-state index >= 15 is 0 Å². The molecular formula is C26H43N3OS2. The monoisotopic (exact) mass is 477 g/mol. The van der Waals surface area contributed by atoms with Crippen molar-refractivity contribution in [2.75, 3.05) is 11.5 Å². The highest BCUT2D eigenvalue weighted by Gasteiger charge is 2.67. The number of carbonyl (C=O) groups excluding carboxylic acids is 1. The van der Waals surface area contributed by atoms with Crippen LogP contribution in [0.1, 0.15) is 97.3 Å². The normalized spacial score (nSPS) is 37.6. The second-order valence-electron chi connectivity index (χ2n) is 10.9. The molecule has 4 rings (SSSR count). The van der Waals surface area contributed by atoms with Crippen LogP contribution in [0.3, 0.4) is 0 Å². The molecule has 180 valence electrons. The Morgan fingerprint density at radius 1 is 1.16 bits per heavy atom. The molecule has 5 atom stereocenters. The topological polar surface area (TPSA) is 81.5 Å². The summed E-state index contributed by atoms with van der Waals surface area (Å²) < 4.78 is 0. The Balaban J connectivity index is 1.64. The number of unbranched alkanes of at least 4 members (excludes halogenated alkanes) is 3. The summed E-state index contributed by atoms with van der Waals surface area (Å²) in [7, 11) is 3.93. The van der Waals surface area contributed by atoms with E-state index in [1.165, 1.54) is 63.4 Å². The third kappa shape index (κ3) is 4.39. The molecule has 4 N–H and O–H groups in total. The molecule has 32 heavy (non-hydrogen) atoms. The lowest BCUT2D eigenvalue weighted by Gasteiger charge is -2.54. The van der Waals surface area contributed by atoms with Crippen LogP contribution < -0.4 is 11.5 Å². The van der Waals surface area contributed by atoms with Gasteiger partial charge in [0, 0.05) is 23.3 Å². The molecule has 2 saturated carbocycles. The summed E-state index contributed by atoms with van der Waals surface area (Å²) in [4.78, 5) is 18.0. The fourth-order valence-corrected chi connectivity index (χ4v) is 10.3. The van der Waals surface area contributed by atoms with Crippen molar-refractivity contribution < 1.29 is 4.79 Å². The van der Waals surface area contributed by atoms with Crippen LogP contribution in [0, 0.1) is 22.7 Å². The number of hydrogen-bond donors (Lipinski definition) is 2. The Morgan fingerprint density at radius 3 is 2.78 bits per heavy atom. The molecule has 3 aliphatic carbocycles. The van der Waals surface area contributed by atoms with Crippen molar-refractivity contribution in [3.63, 3.8) is 0 Å². The van der Waals surface area contributed by atoms with Crippen molar-refractivity contribution in [2.24, 2.45) is 39.1 Å². The van der Waals surface area contributed by atoms with Crippen molar-refractivity contribution in [1.29, 1.82) is 0 Å². The maximum atomic E-state index is 13.5. The predicted molar refractivity (Wildman–Crippen MR) is 140 cm³/mol. The highest BCUT2D eigenvalue weighted by molar-refractivity contribution is 8.76. The van der Waals surface area contributed by atoms with Gasteiger partial charge >= 0.3 is 0 Å². The average Bonchev–Trinajstić information content (AvgIpc) is 3.07. The smallest absolute Gasteiger partial charge is 0.186 e. The number of hydrogen-bond acceptors (Lipinski definition) is 4. The summed E-state index contributed by atoms with van der Waals surface area (Å²) in [5.41, 5.74) is 14.7. The summed E-state index contributed by atoms with van der Waals surface area (Å²) in [6.07, 6.45) is 15.5. The molecule has 5 unspecified atom stereocenters. The Bertz CT molecular complexity index is 762. The maximum Gasteiger partial charge on any atom is 0.186 e. The van der Waals surface area contributed by atoms with Gasteiger partial charge in [0.15, 0.2) is 11.7 Å². The fourth-order valence-electron chi connectivity index (χ4n) is 7.79. The van der Waals surface area contributed by atoms with E-state index in [-0.39, 0.29) is 22.8 Å². The SMILES string of the molecule is CCCCCCC1CCC2CC3=C4CCCC(N=C(N)N)CSSCCC2(C)C31CC4=O. The number of aliphatic imine (C=N–C) groups is 1. The highest BCUT2D eigenvalue weighted by Crippen LogP contribution is 2.74. The molecule has 5 bridgehead atoms. The molecule has 2 fully saturated rings. The van der Waals surface area contributed by atoms with Crippen molar-refractivity contribution >= 4 is 33.3 Å². The van der Waals surface area contributed by atoms with Gasteiger partial charge in [0.1, 0.15) is 0 Å². The first-order chi connectivity index (χ1) is 15.4. The molecule has 1 heterocycles. The van der Waals surface area contributed by atoms with Gasteiger partial charge in [0.25, 0.3) is 0 Å². The summed E-state index contributed by atoms with van der Waals surface area (Å²) in [6, 6.07) is 0.160. The Hall–Kier alpha value is -0.620. The van der Waals surface area contributed by atoms with Crippen molar-refractivity contribution in [2.45, 2.75) is 103 Å². The Labute approximate surface area is 203 Å². The minimum atomic E-state index is 0.160. The fraction of sp³-hybridized carbons (Fsp3) is 0.846. The van der Waals surface area contributed by atoms with E-state index in [4.69, 9.17) is 11.5 Å². The number of nitrogens with two attached hydrogens (primary N) is 2. The number of nitrogens with zero attached hydrogens (tertiary/aromatic N) is 1. The number of guanidine groups is 1. The molecular weight excluding hydrogens is 434 g/mol. The van der Waals surface area contributed by atoms with Crippen LogP contribution in [0.2, 0.25) is 0 Å². The lowest BCUT2D eigenvalue weighted by atomic mass is 9.50. The van der Waals surface area contributed by atoms with Crippen molar-refractivity contribution in [3.8, 4) is 0 Å². The summed E-state index contributed by atoms with van der Waals surface area (Å²) >= 11 is 0. The lowest BCUT2D eigenvalue weighted by Crippen LogP contribution is -2.48. The largest absolute Gasteiger partial charge is 0.370 e. The number of allylic oxidation sites excluding steroid dienone is 2. The van der Waals surface area contributed by atoms with E-state index in [1.807, 2.05) is 21.6 Å². The van der Waals surface area contributed by atoms with E-state index in [2.05, 4.69) is 18.8 Å². The lowest BCUT2D eigenvalue weighted by molar-refractivity contribution is -0.121. The third-order valence-corrected chi connectivity index (χ3v) is 11.8. The average molecular weight is 478 g/mol. The molecule has 6 heteroatoms. The van der Waals surface area contributed by atoms with E-state index in [0.29, 0.717) is 11.7 Å². The number of ketones is 1. The van der Waals surface area contributed by atoms with Gasteiger partial charge in [-0.3, -0.25) is 4.79 Å². The zero-order valence-corrected chi connectivity index (χ0v) is 21.8. The van der Waals surface area contributed by atoms with Crippen molar-refractivity contribution in [3.05, 3.63) is 11.1 Å². The molecule has 1 spiro atoms. The van der Waals surface area contributed by atoms with Crippen LogP contribution in [0.15, 0.2) is 16.1 Å². The van der Waals surface area contributed by atoms with E-state index in [9.17, 15) is 4.79 Å². The van der Waals surface area contributed by atoms with E-state index in [1.54, 1.807) is 5.57 Å². The standard InChI is InChI=1S/C26H43N3OS2/c1-3-4-5-6-8-18-11-12-19-15-22-21-10-7-9-20(29-24(27)28)17-32-31-14-13-25(19,2)26(18,22)16-23(21)30/h18-20H,3-17H2,1-2H3,(H4,27,28,29). The maximum absolute atomic E-state index is 13.5. The van der Waals surface area contributed by atoms with Gasteiger partial charge < -0.3 is 11.5 Å². The second kappa shape index (κ2) is 10.3. The van der Waals surface area contributed by atoms with Gasteiger partial charge in [0.2, 0.25) is 0 Å². The molecule has 4 nitrogen and oxygen atoms in total. The van der Waals surface area contributed by atoms with Crippen LogP contribution in [0.4, 0.5) is 0 Å². The van der Waals surface area contributed by atoms with Gasteiger partial charge in [-0.2, -0.15) is 0 Å². The summed E-state index contributed by atoms with van der Waals surface area (Å²) in [5, 5.41) is 0. The van der Waals surface area contributed by atoms with Gasteiger partial charge in [-0.25, -0.2) is 4.99 Å². The van der Waals surface area contributed by atoms with Crippen LogP contribution in [-0.4, -0.2) is 29.3 Å². The molecule has 4 aliphatic rings. The molecule has 0 saturated heterocycles. The Kier molecular flexibility index (Phi) is 7.91. The van der Waals surface area contributed by atoms with Gasteiger partial charge in [0.05, 0.1) is 6.04 Å². The minimum Gasteiger partial charge on any atom is -0.370 e. The van der Waals surface area contributed by atoms with Crippen LogP contribution in [0.25, 0.3) is 0 Å². The summed E-state index contributed by atoms with van der Waals surface area (Å²) in [5.74, 6) is 4.25. The van der Waals surface area contributed by atoms with Gasteiger partial charge in [-0.05, 0) is 74.2 Å². The molecule has 0 aromatic heterocycles. The number of rotatable bonds is 6. The molecule has 0 radical (unpaired) electrons. The van der Waals surface area contributed by atoms with Crippen LogP contribution in [0.5, 0.6) is 0 Å². The van der Waals surface area contributed by atoms with Crippen LogP contribution in [-0.2, 0) is 4.79 Å². The van der Waals surface area contributed by atoms with Crippen molar-refractivity contribution in [1.82, 2.24) is 0 Å². The first-order valence-corrected chi connectivity index (χ1v) is 15.5. The minimum absolute atomic E-state index is 0.160. The zero-order chi connectivity index (χ0) is 22.8. The van der Waals surface area contributed by atoms with Gasteiger partial charge in [-0.15, -0.1) is 0 Å². The third-order valence-electron chi connectivity index (χ3n) is 9.36. The summed E-state index contributed by atoms with van der Waals surface area (Å²) in [6.45, 7) is 4.87. The Morgan fingerprint density at radius 2 is 2.00 bits per heavy atom. The molecule has 0 aromatic rings. The highest BCUT2D eigenvalue weighted by atomic mass is 33.1. The second-order valence-corrected chi connectivity index (χ2v) is 13.6. The number of carbonyl (C=O) groups is 1. The first kappa shape index (κ1) is 24.5. The van der Waals surface area contributed by atoms with E-state index in [0.717, 1.165) is 43.1 Å². The zero-order valence-electron chi connectivity index (χ0n) is 20.2. The molecule has 1 aliphatic heterocycles. The predicted octanol–water partition coefficient (Wildman–Crippen LogP) is 6.25. The quantitative estimate of drug-likeness (QED) is 0.205. The first-order valence-electron chi connectivity index (χ1n) is 13.0. The van der Waals surface area contributed by atoms with E-state index < -0.39 is 0 Å².